The number of benzene rings is 2. The summed E-state index contributed by atoms with van der Waals surface area (Å²) in [5.41, 5.74) is 14.6. The fourth-order valence-electron chi connectivity index (χ4n) is 9.55. The maximum atomic E-state index is 15.0. The number of guanidine groups is 1. The second-order valence-corrected chi connectivity index (χ2v) is 20.4. The van der Waals surface area contributed by atoms with Crippen molar-refractivity contribution in [1.82, 2.24) is 62.4 Å². The number of aromatic amines is 2. The Kier molecular flexibility index (Phi) is 24.0. The van der Waals surface area contributed by atoms with Crippen LogP contribution in [0.15, 0.2) is 72.2 Å². The summed E-state index contributed by atoms with van der Waals surface area (Å²) < 4.78 is 5.51. The molecule has 0 unspecified atom stereocenters. The number of imidazole rings is 1. The van der Waals surface area contributed by atoms with E-state index in [0.29, 0.717) is 49.4 Å². The molecule has 2 aromatic carbocycles. The van der Waals surface area contributed by atoms with Crippen LogP contribution in [0.4, 0.5) is 0 Å². The van der Waals surface area contributed by atoms with E-state index >= 15 is 0 Å². The zero-order chi connectivity index (χ0) is 58.3. The Balaban J connectivity index is 1.39. The van der Waals surface area contributed by atoms with Crippen LogP contribution >= 0.6 is 0 Å². The van der Waals surface area contributed by atoms with E-state index in [1.807, 2.05) is 55.5 Å². The number of unbranched alkanes of at least 4 members (excludes halogenated alkanes) is 1. The Morgan fingerprint density at radius 1 is 0.802 bits per heavy atom. The molecule has 15 N–H and O–H groups in total. The molecule has 0 bridgehead atoms. The van der Waals surface area contributed by atoms with Gasteiger partial charge in [-0.2, -0.15) is 0 Å². The highest BCUT2D eigenvalue weighted by Crippen LogP contribution is 2.20. The Hall–Kier alpha value is -8.39. The first-order chi connectivity index (χ1) is 39.0. The number of rotatable bonds is 19. The lowest BCUT2D eigenvalue weighted by atomic mass is 10.0. The van der Waals surface area contributed by atoms with Gasteiger partial charge in [-0.05, 0) is 61.3 Å². The number of nitrogens with two attached hydrogens (primary N) is 2. The van der Waals surface area contributed by atoms with Crippen molar-refractivity contribution in [3.8, 4) is 0 Å². The average molecular weight is 1120 g/mol. The lowest BCUT2D eigenvalue weighted by molar-refractivity contribution is -0.142. The smallest absolute Gasteiger partial charge is 0.326 e. The highest BCUT2D eigenvalue weighted by atomic mass is 16.5. The second kappa shape index (κ2) is 31.4. The van der Waals surface area contributed by atoms with Gasteiger partial charge in [-0.15, -0.1) is 0 Å². The summed E-state index contributed by atoms with van der Waals surface area (Å²) in [5.74, 6) is -7.82. The van der Waals surface area contributed by atoms with E-state index in [-0.39, 0.29) is 76.8 Å². The summed E-state index contributed by atoms with van der Waals surface area (Å²) in [4.78, 5) is 142. The van der Waals surface area contributed by atoms with Crippen molar-refractivity contribution in [2.24, 2.45) is 16.5 Å². The molecule has 0 aliphatic carbocycles. The van der Waals surface area contributed by atoms with Gasteiger partial charge in [0.25, 0.3) is 0 Å². The minimum absolute atomic E-state index is 0.000111. The Bertz CT molecular complexity index is 2800. The van der Waals surface area contributed by atoms with Gasteiger partial charge >= 0.3 is 5.97 Å². The minimum Gasteiger partial charge on any atom is -0.480 e. The number of carbonyl (C=O) groups excluding carboxylic acids is 8. The lowest BCUT2D eigenvalue weighted by Gasteiger charge is -2.28. The highest BCUT2D eigenvalue weighted by Gasteiger charge is 2.36. The van der Waals surface area contributed by atoms with E-state index in [1.165, 1.54) is 19.4 Å². The van der Waals surface area contributed by atoms with E-state index in [0.717, 1.165) is 29.6 Å². The Morgan fingerprint density at radius 3 is 2.14 bits per heavy atom. The van der Waals surface area contributed by atoms with Crippen molar-refractivity contribution in [2.75, 3.05) is 39.4 Å². The molecule has 81 heavy (non-hydrogen) atoms. The number of carboxylic acids is 1. The second-order valence-electron chi connectivity index (χ2n) is 20.4. The van der Waals surface area contributed by atoms with Crippen LogP contribution in [0.3, 0.4) is 0 Å². The third-order valence-corrected chi connectivity index (χ3v) is 13.9. The summed E-state index contributed by atoms with van der Waals surface area (Å²) in [6.45, 7) is 6.54. The van der Waals surface area contributed by atoms with Crippen LogP contribution in [0.2, 0.25) is 0 Å². The first kappa shape index (κ1) is 61.8. The molecule has 0 spiro atoms. The van der Waals surface area contributed by atoms with Gasteiger partial charge < -0.3 is 73.8 Å². The van der Waals surface area contributed by atoms with Gasteiger partial charge in [-0.1, -0.05) is 62.2 Å². The Labute approximate surface area is 469 Å². The van der Waals surface area contributed by atoms with Gasteiger partial charge in [0.2, 0.25) is 47.3 Å². The van der Waals surface area contributed by atoms with Crippen LogP contribution in [0.1, 0.15) is 94.0 Å². The molecule has 438 valence electrons. The average Bonchev–Trinajstić information content (AvgIpc) is 4.32. The predicted octanol–water partition coefficient (Wildman–Crippen LogP) is -0.817. The van der Waals surface area contributed by atoms with Crippen LogP contribution in [0.25, 0.3) is 10.9 Å². The normalized spacial score (nSPS) is 21.9. The molecule has 7 atom stereocenters. The van der Waals surface area contributed by atoms with Gasteiger partial charge in [0.1, 0.15) is 42.3 Å². The maximum absolute atomic E-state index is 15.0. The number of morpholine rings is 1. The summed E-state index contributed by atoms with van der Waals surface area (Å²) in [5, 5.41) is 32.6. The third kappa shape index (κ3) is 20.0. The lowest BCUT2D eigenvalue weighted by Crippen LogP contribution is -2.61. The number of carbonyl (C=O) groups is 9. The van der Waals surface area contributed by atoms with Gasteiger partial charge in [-0.25, -0.2) is 9.78 Å². The molecule has 4 heterocycles. The molecule has 2 aliphatic heterocycles. The number of nitrogens with zero attached hydrogens (tertiary/aromatic N) is 3. The van der Waals surface area contributed by atoms with Crippen LogP contribution in [-0.4, -0.2) is 166 Å². The predicted molar refractivity (Wildman–Crippen MR) is 298 cm³/mol. The number of para-hydroxylation sites is 1. The van der Waals surface area contributed by atoms with Gasteiger partial charge in [0, 0.05) is 87.9 Å². The molecule has 26 nitrogen and oxygen atoms in total. The van der Waals surface area contributed by atoms with Crippen molar-refractivity contribution in [1.29, 1.82) is 0 Å². The SMILES string of the molecule is CCCC[C@H](NC(C)=O)C(=O)N[C@H]1CC(=O)NCCCC[C@@H](C(=O)O)NC(=O)[C@H](Cc2c[nH]c3ccccc23)NC(=O)[C@H](CCCN=C(N)N)NC(=O)[C@@H](Cc2ccc(CN3CCOCC3)cc2)NC(=O)[C@H](Cc2cnc[nH]2)NC1=O. The van der Waals surface area contributed by atoms with E-state index < -0.39 is 102 Å². The number of aromatic nitrogens is 3. The first-order valence-corrected chi connectivity index (χ1v) is 27.5. The quantitative estimate of drug-likeness (QED) is 0.0310. The van der Waals surface area contributed by atoms with Crippen molar-refractivity contribution in [3.63, 3.8) is 0 Å². The van der Waals surface area contributed by atoms with E-state index in [1.54, 1.807) is 6.20 Å². The molecular weight excluding hydrogens is 1050 g/mol. The number of hydrogen-bond donors (Lipinski definition) is 13. The number of ether oxygens (including phenoxy) is 1. The molecule has 2 aliphatic rings. The number of amides is 8. The molecule has 8 amide bonds. The zero-order valence-electron chi connectivity index (χ0n) is 45.9. The van der Waals surface area contributed by atoms with E-state index in [2.05, 4.69) is 67.4 Å². The van der Waals surface area contributed by atoms with Gasteiger partial charge in [-0.3, -0.25) is 48.2 Å². The van der Waals surface area contributed by atoms with E-state index in [4.69, 9.17) is 16.2 Å². The van der Waals surface area contributed by atoms with E-state index in [9.17, 15) is 48.3 Å². The summed E-state index contributed by atoms with van der Waals surface area (Å²) in [7, 11) is 0. The number of aliphatic carboxylic acids is 1. The molecule has 4 aromatic rings. The van der Waals surface area contributed by atoms with Crippen LogP contribution < -0.4 is 54.0 Å². The van der Waals surface area contributed by atoms with Crippen LogP contribution in [0.5, 0.6) is 0 Å². The molecule has 0 radical (unpaired) electrons. The topological polar surface area (TPSA) is 391 Å². The number of H-pyrrole nitrogens is 2. The number of carboxylic acid groups (broad SMARTS) is 1. The maximum Gasteiger partial charge on any atom is 0.326 e. The monoisotopic (exact) mass is 1120 g/mol. The molecule has 26 heteroatoms. The molecule has 0 saturated carbocycles. The zero-order valence-corrected chi connectivity index (χ0v) is 45.9. The van der Waals surface area contributed by atoms with Gasteiger partial charge in [0.05, 0.1) is 26.0 Å². The number of fused-ring (bicyclic) bond motifs is 1. The minimum atomic E-state index is -1.61. The summed E-state index contributed by atoms with van der Waals surface area (Å²) in [6.07, 6.45) is 5.22. The molecular formula is C55H77N15O11. The fraction of sp³-hybridized carbons (Fsp3) is 0.509. The fourth-order valence-corrected chi connectivity index (χ4v) is 9.55. The summed E-state index contributed by atoms with van der Waals surface area (Å²) >= 11 is 0. The number of nitrogens with one attached hydrogen (secondary N) is 10. The largest absolute Gasteiger partial charge is 0.480 e. The van der Waals surface area contributed by atoms with Crippen molar-refractivity contribution >= 4 is 70.1 Å². The molecule has 2 fully saturated rings. The highest BCUT2D eigenvalue weighted by molar-refractivity contribution is 5.99. The summed E-state index contributed by atoms with van der Waals surface area (Å²) in [6, 6.07) is 4.90. The molecule has 2 saturated heterocycles. The number of hydrogen-bond acceptors (Lipinski definition) is 13. The number of aliphatic imine (C=N–C) groups is 1. The van der Waals surface area contributed by atoms with Crippen molar-refractivity contribution in [3.05, 3.63) is 89.6 Å². The van der Waals surface area contributed by atoms with Crippen molar-refractivity contribution in [2.45, 2.75) is 140 Å². The van der Waals surface area contributed by atoms with Crippen LogP contribution in [0, 0.1) is 0 Å². The molecule has 2 aromatic heterocycles. The first-order valence-electron chi connectivity index (χ1n) is 27.5. The van der Waals surface area contributed by atoms with Crippen molar-refractivity contribution < 1.29 is 53.0 Å². The van der Waals surface area contributed by atoms with Gasteiger partial charge in [0.15, 0.2) is 5.96 Å². The Morgan fingerprint density at radius 2 is 1.46 bits per heavy atom. The molecule has 6 rings (SSSR count). The van der Waals surface area contributed by atoms with Crippen LogP contribution in [-0.2, 0) is 73.7 Å². The standard InChI is InChI=1S/C55H77N15O11/c1-3-4-11-40(63-33(2)71)48(73)69-46-28-47(72)59-19-8-7-13-42(54(79)80)65-51(76)44(26-36-29-61-39-12-6-5-10-38(36)39)67-49(74)41(14-9-20-60-55(56)57)64-50(75)43(66-52(77)45(68-53(46)78)27-37-30-58-32-62-37)25-34-15-17-35(18-16-34)31-70-21-23-81-24-22-70/h5-6,10,12,15-18,29-30,32,40-46,61H,3-4,7-9,11,13-14,19-28,31H2,1-2H3,(H,58,62)(H,59,72)(H,63,71)(H,64,75)(H,65,76)(H,66,77)(H,67,74)(H,68,78)(H,69,73)(H,79,80)(H4,56,57,60)/t40-,41-,42-,43+,44-,45-,46-/m0/s1. The third-order valence-electron chi connectivity index (χ3n) is 13.9.